The molecule has 1 N–H and O–H groups in total. The number of benzene rings is 2. The van der Waals surface area contributed by atoms with E-state index in [1.807, 2.05) is 0 Å². The van der Waals surface area contributed by atoms with Crippen LogP contribution in [0.25, 0.3) is 10.9 Å². The van der Waals surface area contributed by atoms with Crippen molar-refractivity contribution < 1.29 is 26.4 Å². The van der Waals surface area contributed by atoms with Crippen LogP contribution in [0.4, 0.5) is 11.4 Å². The first-order chi connectivity index (χ1) is 14.6. The fourth-order valence-electron chi connectivity index (χ4n) is 3.47. The number of fused-ring (bicyclic) bond motifs is 1. The lowest BCUT2D eigenvalue weighted by atomic mass is 10.2. The highest BCUT2D eigenvalue weighted by atomic mass is 32.2. The van der Waals surface area contributed by atoms with Gasteiger partial charge in [0, 0.05) is 11.6 Å². The Bertz CT molecular complexity index is 1400. The molecule has 1 aromatic heterocycles. The molecule has 2 aromatic carbocycles. The van der Waals surface area contributed by atoms with Crippen LogP contribution >= 0.6 is 0 Å². The molecule has 162 valence electrons. The third-order valence-electron chi connectivity index (χ3n) is 4.91. The highest BCUT2D eigenvalue weighted by molar-refractivity contribution is 7.94. The summed E-state index contributed by atoms with van der Waals surface area (Å²) in [7, 11) is -6.81. The first-order valence-electron chi connectivity index (χ1n) is 9.25. The van der Waals surface area contributed by atoms with Gasteiger partial charge in [-0.2, -0.15) is 0 Å². The Morgan fingerprint density at radius 1 is 1.16 bits per heavy atom. The summed E-state index contributed by atoms with van der Waals surface area (Å²) in [6, 6.07) is 12.4. The molecule has 0 aliphatic carbocycles. The molecule has 2 heterocycles. The molecule has 1 saturated heterocycles. The Labute approximate surface area is 179 Å². The molecule has 1 amide bonds. The predicted octanol–water partition coefficient (Wildman–Crippen LogP) is 2.36. The Balaban J connectivity index is 1.81. The number of carbonyl (C=O) groups is 1. The first-order valence-corrected chi connectivity index (χ1v) is 12.3. The molecule has 31 heavy (non-hydrogen) atoms. The van der Waals surface area contributed by atoms with E-state index < -0.39 is 31.9 Å². The van der Waals surface area contributed by atoms with Crippen molar-refractivity contribution in [2.24, 2.45) is 5.92 Å². The van der Waals surface area contributed by atoms with Gasteiger partial charge in [0.05, 0.1) is 35.7 Å². The van der Waals surface area contributed by atoms with Gasteiger partial charge in [-0.1, -0.05) is 25.1 Å². The van der Waals surface area contributed by atoms with Crippen molar-refractivity contribution >= 4 is 48.2 Å². The number of anilines is 2. The molecule has 1 aliphatic heterocycles. The molecular weight excluding hydrogens is 442 g/mol. The van der Waals surface area contributed by atoms with Gasteiger partial charge in [0.2, 0.25) is 15.9 Å². The zero-order chi connectivity index (χ0) is 22.4. The number of carbonyl (C=O) groups excluding carboxylic acids is 1. The maximum absolute atomic E-state index is 13.2. The Morgan fingerprint density at radius 2 is 1.90 bits per heavy atom. The molecule has 11 heteroatoms. The molecule has 0 bridgehead atoms. The van der Waals surface area contributed by atoms with E-state index in [0.29, 0.717) is 9.82 Å². The lowest BCUT2D eigenvalue weighted by Gasteiger charge is -2.18. The molecule has 1 aliphatic rings. The summed E-state index contributed by atoms with van der Waals surface area (Å²) in [6.07, 6.45) is 1.55. The van der Waals surface area contributed by atoms with E-state index in [0.717, 1.165) is 11.5 Å². The van der Waals surface area contributed by atoms with Crippen LogP contribution in [0.3, 0.4) is 0 Å². The average molecular weight is 462 g/mol. The number of para-hydroxylation sites is 1. The largest absolute Gasteiger partial charge is 0.495 e. The van der Waals surface area contributed by atoms with Gasteiger partial charge >= 0.3 is 0 Å². The number of pyridine rings is 1. The molecule has 0 spiro atoms. The van der Waals surface area contributed by atoms with Crippen LogP contribution in [0.5, 0.6) is 5.75 Å². The fourth-order valence-corrected chi connectivity index (χ4v) is 6.54. The van der Waals surface area contributed by atoms with Gasteiger partial charge in [-0.25, -0.2) is 21.1 Å². The quantitative estimate of drug-likeness (QED) is 0.619. The number of nitrogens with one attached hydrogen (secondary N) is 1. The molecule has 0 radical (unpaired) electrons. The average Bonchev–Trinajstić information content (AvgIpc) is 2.94. The Hall–Kier alpha value is -3.18. The molecule has 9 nitrogen and oxygen atoms in total. The molecule has 4 rings (SSSR count). The predicted molar refractivity (Wildman–Crippen MR) is 116 cm³/mol. The van der Waals surface area contributed by atoms with Crippen molar-refractivity contribution in [1.82, 2.24) is 4.98 Å². The lowest BCUT2D eigenvalue weighted by molar-refractivity contribution is -0.119. The summed E-state index contributed by atoms with van der Waals surface area (Å²) in [5, 5.41) is 0.742. The van der Waals surface area contributed by atoms with Gasteiger partial charge in [0.15, 0.2) is 0 Å². The van der Waals surface area contributed by atoms with Gasteiger partial charge in [-0.15, -0.1) is 0 Å². The third kappa shape index (κ3) is 3.70. The van der Waals surface area contributed by atoms with E-state index in [4.69, 9.17) is 4.74 Å². The normalized spacial score (nSPS) is 18.3. The van der Waals surface area contributed by atoms with E-state index in [-0.39, 0.29) is 27.8 Å². The van der Waals surface area contributed by atoms with Crippen molar-refractivity contribution in [3.8, 4) is 5.75 Å². The lowest BCUT2D eigenvalue weighted by Crippen LogP contribution is -2.30. The number of amides is 1. The molecule has 3 aromatic rings. The number of sulfonamides is 2. The Morgan fingerprint density at radius 3 is 2.58 bits per heavy atom. The van der Waals surface area contributed by atoms with E-state index in [9.17, 15) is 21.6 Å². The number of methoxy groups -OCH3 is 1. The van der Waals surface area contributed by atoms with Gasteiger partial charge < -0.3 is 4.74 Å². The van der Waals surface area contributed by atoms with Crippen molar-refractivity contribution in [3.05, 3.63) is 54.7 Å². The van der Waals surface area contributed by atoms with Crippen LogP contribution in [0.2, 0.25) is 0 Å². The van der Waals surface area contributed by atoms with Crippen LogP contribution in [-0.4, -0.2) is 40.6 Å². The van der Waals surface area contributed by atoms with E-state index >= 15 is 0 Å². The fraction of sp³-hybridized carbons (Fsp3) is 0.200. The van der Waals surface area contributed by atoms with Crippen molar-refractivity contribution in [2.45, 2.75) is 11.8 Å². The van der Waals surface area contributed by atoms with Crippen LogP contribution in [0.15, 0.2) is 59.6 Å². The molecule has 1 fully saturated rings. The van der Waals surface area contributed by atoms with E-state index in [1.165, 1.54) is 26.2 Å². The standard InChI is InChI=1S/C20H19N3O6S2/c1-13-12-30(25,26)23(20(13)24)15-8-9-17(29-2)18(11-15)31(27,28)22-16-7-3-5-14-6-4-10-21-19(14)16/h3-11,13,22H,12H2,1-2H3. The van der Waals surface area contributed by atoms with Gasteiger partial charge in [-0.3, -0.25) is 14.5 Å². The SMILES string of the molecule is COc1ccc(N2C(=O)C(C)CS2(=O)=O)cc1S(=O)(=O)Nc1cccc2cccnc12. The molecule has 1 unspecified atom stereocenters. The number of aromatic nitrogens is 1. The van der Waals surface area contributed by atoms with Gasteiger partial charge in [-0.05, 0) is 30.3 Å². The number of rotatable bonds is 5. The number of hydrogen-bond acceptors (Lipinski definition) is 7. The molecular formula is C20H19N3O6S2. The van der Waals surface area contributed by atoms with Crippen LogP contribution in [-0.2, 0) is 24.8 Å². The van der Waals surface area contributed by atoms with E-state index in [2.05, 4.69) is 9.71 Å². The minimum absolute atomic E-state index is 0.00142. The maximum Gasteiger partial charge on any atom is 0.265 e. The third-order valence-corrected chi connectivity index (χ3v) is 8.16. The molecule has 0 saturated carbocycles. The van der Waals surface area contributed by atoms with Gasteiger partial charge in [0.1, 0.15) is 10.6 Å². The highest BCUT2D eigenvalue weighted by Crippen LogP contribution is 2.35. The summed E-state index contributed by atoms with van der Waals surface area (Å²) in [6.45, 7) is 1.51. The van der Waals surface area contributed by atoms with E-state index in [1.54, 1.807) is 36.5 Å². The number of hydrogen-bond donors (Lipinski definition) is 1. The number of nitrogens with zero attached hydrogens (tertiary/aromatic N) is 2. The summed E-state index contributed by atoms with van der Waals surface area (Å²) >= 11 is 0. The maximum atomic E-state index is 13.2. The van der Waals surface area contributed by atoms with Crippen molar-refractivity contribution in [1.29, 1.82) is 0 Å². The Kier molecular flexibility index (Phi) is 5.10. The van der Waals surface area contributed by atoms with Crippen LogP contribution in [0, 0.1) is 5.92 Å². The van der Waals surface area contributed by atoms with Crippen molar-refractivity contribution in [2.75, 3.05) is 21.9 Å². The topological polar surface area (TPSA) is 123 Å². The smallest absolute Gasteiger partial charge is 0.265 e. The second kappa shape index (κ2) is 7.50. The second-order valence-electron chi connectivity index (χ2n) is 7.10. The molecule has 1 atom stereocenters. The summed E-state index contributed by atoms with van der Waals surface area (Å²) in [4.78, 5) is 16.3. The summed E-state index contributed by atoms with van der Waals surface area (Å²) in [5.74, 6) is -1.66. The van der Waals surface area contributed by atoms with Crippen LogP contribution < -0.4 is 13.8 Å². The highest BCUT2D eigenvalue weighted by Gasteiger charge is 2.42. The number of ether oxygens (including phenoxy) is 1. The van der Waals surface area contributed by atoms with Gasteiger partial charge in [0.25, 0.3) is 10.0 Å². The van der Waals surface area contributed by atoms with Crippen LogP contribution in [0.1, 0.15) is 6.92 Å². The minimum Gasteiger partial charge on any atom is -0.495 e. The monoisotopic (exact) mass is 461 g/mol. The minimum atomic E-state index is -4.22. The van der Waals surface area contributed by atoms with Crippen molar-refractivity contribution in [3.63, 3.8) is 0 Å². The first kappa shape index (κ1) is 21.1. The zero-order valence-corrected chi connectivity index (χ0v) is 18.3. The zero-order valence-electron chi connectivity index (χ0n) is 16.6. The second-order valence-corrected chi connectivity index (χ2v) is 10.6. The summed E-state index contributed by atoms with van der Waals surface area (Å²) < 4.78 is 59.7. The summed E-state index contributed by atoms with van der Waals surface area (Å²) in [5.41, 5.74) is 0.644.